The largest absolute Gasteiger partial charge is 0.464 e. The van der Waals surface area contributed by atoms with Gasteiger partial charge < -0.3 is 15.4 Å². The Kier molecular flexibility index (Phi) is 11.9. The van der Waals surface area contributed by atoms with Crippen molar-refractivity contribution in [3.8, 4) is 0 Å². The number of likely N-dealkylation sites (tertiary alicyclic amines) is 1. The lowest BCUT2D eigenvalue weighted by molar-refractivity contribution is -0.147. The summed E-state index contributed by atoms with van der Waals surface area (Å²) in [4.78, 5) is 45.7. The van der Waals surface area contributed by atoms with Gasteiger partial charge in [0.05, 0.1) is 27.1 Å². The Balaban J connectivity index is 1.35. The fraction of sp³-hybridized carbons (Fsp3) is 0.375. The second kappa shape index (κ2) is 15.7. The van der Waals surface area contributed by atoms with Crippen LogP contribution in [0.15, 0.2) is 59.8 Å². The summed E-state index contributed by atoms with van der Waals surface area (Å²) >= 11 is 24.5. The molecular weight excluding hydrogens is 724 g/mol. The van der Waals surface area contributed by atoms with E-state index in [2.05, 4.69) is 20.5 Å². The predicted octanol–water partition coefficient (Wildman–Crippen LogP) is 5.47. The van der Waals surface area contributed by atoms with Crippen LogP contribution in [-0.2, 0) is 30.8 Å². The topological polar surface area (TPSA) is 138 Å². The molecule has 2 N–H and O–H groups in total. The van der Waals surface area contributed by atoms with Crippen molar-refractivity contribution in [2.45, 2.75) is 55.6 Å². The molecule has 11 nitrogen and oxygen atoms in total. The number of nitrogens with zero attached hydrogens (tertiary/aromatic N) is 3. The van der Waals surface area contributed by atoms with Crippen LogP contribution >= 0.6 is 46.4 Å². The highest BCUT2D eigenvalue weighted by molar-refractivity contribution is 7.89. The number of hydrogen-bond donors (Lipinski definition) is 2. The van der Waals surface area contributed by atoms with Crippen LogP contribution in [0, 0.1) is 0 Å². The third-order valence-electron chi connectivity index (χ3n) is 8.26. The Bertz CT molecular complexity index is 1750. The van der Waals surface area contributed by atoms with Gasteiger partial charge in [-0.1, -0.05) is 58.5 Å². The van der Waals surface area contributed by atoms with Crippen molar-refractivity contribution >= 4 is 79.9 Å². The van der Waals surface area contributed by atoms with Crippen molar-refractivity contribution in [1.29, 1.82) is 0 Å². The van der Waals surface area contributed by atoms with Crippen molar-refractivity contribution in [3.63, 3.8) is 0 Å². The van der Waals surface area contributed by atoms with E-state index >= 15 is 0 Å². The predicted molar refractivity (Wildman–Crippen MR) is 184 cm³/mol. The van der Waals surface area contributed by atoms with Crippen LogP contribution in [0.25, 0.3) is 0 Å². The molecule has 2 aliphatic rings. The first kappa shape index (κ1) is 36.3. The third-order valence-corrected chi connectivity index (χ3v) is 11.1. The Morgan fingerprint density at radius 1 is 0.979 bits per heavy atom. The molecule has 256 valence electrons. The molecule has 5 rings (SSSR count). The van der Waals surface area contributed by atoms with Crippen LogP contribution in [0.4, 0.5) is 5.69 Å². The highest BCUT2D eigenvalue weighted by atomic mass is 35.5. The average molecular weight is 758 g/mol. The zero-order valence-corrected chi connectivity index (χ0v) is 29.6. The average Bonchev–Trinajstić information content (AvgIpc) is 3.73. The molecule has 0 unspecified atom stereocenters. The number of anilines is 1. The number of carbonyl (C=O) groups excluding carboxylic acids is 3. The van der Waals surface area contributed by atoms with Gasteiger partial charge in [0.2, 0.25) is 15.9 Å². The van der Waals surface area contributed by atoms with Gasteiger partial charge in [0.15, 0.2) is 0 Å². The van der Waals surface area contributed by atoms with E-state index in [-0.39, 0.29) is 62.6 Å². The second-order valence-corrected chi connectivity index (χ2v) is 15.1. The van der Waals surface area contributed by atoms with E-state index in [0.29, 0.717) is 11.3 Å². The maximum atomic E-state index is 13.9. The Morgan fingerprint density at radius 2 is 1.60 bits per heavy atom. The van der Waals surface area contributed by atoms with Gasteiger partial charge in [-0.15, -0.1) is 0 Å². The Morgan fingerprint density at radius 3 is 2.21 bits per heavy atom. The first-order chi connectivity index (χ1) is 22.9. The number of carbonyl (C=O) groups is 3. The molecule has 0 aliphatic carbocycles. The lowest BCUT2D eigenvalue weighted by Gasteiger charge is -2.26. The maximum absolute atomic E-state index is 13.9. The van der Waals surface area contributed by atoms with E-state index in [9.17, 15) is 22.8 Å². The van der Waals surface area contributed by atoms with Gasteiger partial charge in [0.1, 0.15) is 12.1 Å². The van der Waals surface area contributed by atoms with Crippen molar-refractivity contribution in [2.24, 2.45) is 0 Å². The monoisotopic (exact) mass is 755 g/mol. The van der Waals surface area contributed by atoms with Crippen LogP contribution in [-0.4, -0.2) is 84.8 Å². The lowest BCUT2D eigenvalue weighted by Crippen LogP contribution is -2.51. The molecule has 2 amide bonds. The van der Waals surface area contributed by atoms with E-state index in [4.69, 9.17) is 51.1 Å². The summed E-state index contributed by atoms with van der Waals surface area (Å²) in [5, 5.41) is 5.98. The minimum absolute atomic E-state index is 0.0414. The molecule has 2 saturated heterocycles. The van der Waals surface area contributed by atoms with E-state index < -0.39 is 39.9 Å². The number of esters is 1. The SMILES string of the molecule is CCOC(=O)[C@H](Cc1ccc(NC(=O)c2c(Cl)cncc2Cl)cc1)NC(=O)[C@@H]1C[C@@H](N2CCCC2)CN1S(=O)(=O)c1cc(Cl)cc(Cl)c1. The molecule has 0 radical (unpaired) electrons. The molecule has 2 aromatic carbocycles. The molecule has 3 aromatic rings. The molecule has 3 heterocycles. The van der Waals surface area contributed by atoms with E-state index in [1.807, 2.05) is 0 Å². The summed E-state index contributed by atoms with van der Waals surface area (Å²) in [7, 11) is -4.20. The second-order valence-electron chi connectivity index (χ2n) is 11.5. The lowest BCUT2D eigenvalue weighted by atomic mass is 10.0. The van der Waals surface area contributed by atoms with Gasteiger partial charge in [-0.3, -0.25) is 19.5 Å². The normalized spacial score (nSPS) is 19.2. The van der Waals surface area contributed by atoms with E-state index in [1.165, 1.54) is 34.9 Å². The molecule has 16 heteroatoms. The maximum Gasteiger partial charge on any atom is 0.328 e. The Hall–Kier alpha value is -2.97. The number of nitrogens with one attached hydrogen (secondary N) is 2. The van der Waals surface area contributed by atoms with Crippen molar-refractivity contribution in [3.05, 3.63) is 86.1 Å². The summed E-state index contributed by atoms with van der Waals surface area (Å²) in [6.07, 6.45) is 4.89. The molecule has 2 fully saturated rings. The highest BCUT2D eigenvalue weighted by Crippen LogP contribution is 2.33. The van der Waals surface area contributed by atoms with Gasteiger partial charge in [0.25, 0.3) is 5.91 Å². The minimum atomic E-state index is -4.20. The minimum Gasteiger partial charge on any atom is -0.464 e. The number of ether oxygens (including phenoxy) is 1. The van der Waals surface area contributed by atoms with Crippen molar-refractivity contribution < 1.29 is 27.5 Å². The summed E-state index contributed by atoms with van der Waals surface area (Å²) < 4.78 is 34.3. The number of aromatic nitrogens is 1. The zero-order chi connectivity index (χ0) is 34.6. The van der Waals surface area contributed by atoms with Crippen molar-refractivity contribution in [2.75, 3.05) is 31.6 Å². The fourth-order valence-corrected chi connectivity index (χ4v) is 8.86. The Labute approximate surface area is 298 Å². The molecule has 0 spiro atoms. The number of sulfonamides is 1. The number of amides is 2. The fourth-order valence-electron chi connectivity index (χ4n) is 5.96. The molecule has 48 heavy (non-hydrogen) atoms. The number of halogens is 4. The van der Waals surface area contributed by atoms with Crippen LogP contribution in [0.3, 0.4) is 0 Å². The van der Waals surface area contributed by atoms with Crippen LogP contribution in [0.1, 0.15) is 42.1 Å². The van der Waals surface area contributed by atoms with Gasteiger partial charge in [-0.05, 0) is 75.2 Å². The summed E-state index contributed by atoms with van der Waals surface area (Å²) in [6.45, 7) is 3.43. The summed E-state index contributed by atoms with van der Waals surface area (Å²) in [6, 6.07) is 8.25. The molecule has 0 saturated carbocycles. The smallest absolute Gasteiger partial charge is 0.328 e. The molecule has 2 aliphatic heterocycles. The first-order valence-electron chi connectivity index (χ1n) is 15.3. The standard InChI is InChI=1S/C32H33Cl4N5O6S/c1-2-47-32(44)27(11-19-5-7-22(8-6-19)38-31(43)29-25(35)16-37-17-26(29)36)39-30(42)28-15-23(40-9-3-4-10-40)18-41(28)48(45,46)24-13-20(33)12-21(34)14-24/h5-8,12-14,16-17,23,27-28H,2-4,9-11,15,18H2,1H3,(H,38,43)(H,39,42)/t23-,27+,28+/m1/s1. The van der Waals surface area contributed by atoms with Gasteiger partial charge in [-0.25, -0.2) is 13.2 Å². The van der Waals surface area contributed by atoms with Crippen LogP contribution in [0.5, 0.6) is 0 Å². The first-order valence-corrected chi connectivity index (χ1v) is 18.2. The van der Waals surface area contributed by atoms with Crippen LogP contribution < -0.4 is 10.6 Å². The molecule has 3 atom stereocenters. The number of benzene rings is 2. The number of hydrogen-bond acceptors (Lipinski definition) is 8. The quantitative estimate of drug-likeness (QED) is 0.246. The van der Waals surface area contributed by atoms with E-state index in [1.54, 1.807) is 31.2 Å². The summed E-state index contributed by atoms with van der Waals surface area (Å²) in [5.41, 5.74) is 1.16. The number of pyridine rings is 1. The molecule has 0 bridgehead atoms. The van der Waals surface area contributed by atoms with E-state index in [0.717, 1.165) is 25.9 Å². The third kappa shape index (κ3) is 8.42. The van der Waals surface area contributed by atoms with Gasteiger partial charge in [0, 0.05) is 47.1 Å². The van der Waals surface area contributed by atoms with Gasteiger partial charge in [-0.2, -0.15) is 4.31 Å². The van der Waals surface area contributed by atoms with Crippen molar-refractivity contribution in [1.82, 2.24) is 19.5 Å². The number of rotatable bonds is 11. The van der Waals surface area contributed by atoms with Gasteiger partial charge >= 0.3 is 5.97 Å². The highest BCUT2D eigenvalue weighted by Gasteiger charge is 2.46. The van der Waals surface area contributed by atoms with Crippen LogP contribution in [0.2, 0.25) is 20.1 Å². The molecular formula is C32H33Cl4N5O6S. The summed E-state index contributed by atoms with van der Waals surface area (Å²) in [5.74, 6) is -1.82. The molecule has 1 aromatic heterocycles. The zero-order valence-electron chi connectivity index (χ0n) is 25.8.